The quantitative estimate of drug-likeness (QED) is 0.272. The molecule has 1 atom stereocenters. The van der Waals surface area contributed by atoms with Crippen LogP contribution in [0.5, 0.6) is 5.75 Å². The number of methoxy groups -OCH3 is 1. The molecule has 0 aliphatic carbocycles. The van der Waals surface area contributed by atoms with Crippen LogP contribution in [0.25, 0.3) is 10.6 Å². The van der Waals surface area contributed by atoms with Crippen molar-refractivity contribution in [3.63, 3.8) is 0 Å². The Morgan fingerprint density at radius 3 is 2.50 bits per heavy atom. The highest BCUT2D eigenvalue weighted by molar-refractivity contribution is 7.17. The van der Waals surface area contributed by atoms with Crippen LogP contribution in [0.15, 0.2) is 65.9 Å². The number of carbonyl (C=O) groups excluding carboxylic acids is 2. The lowest BCUT2D eigenvalue weighted by Gasteiger charge is -2.27. The van der Waals surface area contributed by atoms with E-state index in [1.165, 1.54) is 16.2 Å². The van der Waals surface area contributed by atoms with Gasteiger partial charge in [0, 0.05) is 25.8 Å². The first kappa shape index (κ1) is 25.6. The van der Waals surface area contributed by atoms with Gasteiger partial charge in [0.1, 0.15) is 10.8 Å². The molecule has 0 saturated heterocycles. The molecule has 0 fully saturated rings. The molecule has 2 heterocycles. The Hall–Kier alpha value is -3.49. The lowest BCUT2D eigenvalue weighted by Crippen LogP contribution is -2.32. The van der Waals surface area contributed by atoms with Gasteiger partial charge in [-0.05, 0) is 37.5 Å². The number of aliphatic hydroxyl groups is 1. The molecule has 1 unspecified atom stereocenters. The summed E-state index contributed by atoms with van der Waals surface area (Å²) in [5.41, 5.74) is 2.27. The summed E-state index contributed by atoms with van der Waals surface area (Å²) < 4.78 is 10.9. The molecule has 2 aromatic carbocycles. The Morgan fingerprint density at radius 1 is 1.11 bits per heavy atom. The zero-order chi connectivity index (χ0) is 25.7. The van der Waals surface area contributed by atoms with Crippen LogP contribution in [-0.2, 0) is 9.53 Å². The summed E-state index contributed by atoms with van der Waals surface area (Å²) in [6.45, 7) is 5.20. The van der Waals surface area contributed by atoms with E-state index in [1.54, 1.807) is 14.0 Å². The van der Waals surface area contributed by atoms with Crippen molar-refractivity contribution in [3.05, 3.63) is 82.1 Å². The third-order valence-electron chi connectivity index (χ3n) is 5.99. The first-order valence-corrected chi connectivity index (χ1v) is 12.8. The molecule has 3 aromatic rings. The summed E-state index contributed by atoms with van der Waals surface area (Å²) in [6, 6.07) is 16.2. The number of Topliss-reactive ketones (excluding diaryl/α,β-unsaturated/α-hetero) is 1. The summed E-state index contributed by atoms with van der Waals surface area (Å²) in [6.07, 6.45) is 1.46. The van der Waals surface area contributed by atoms with Gasteiger partial charge in [0.2, 0.25) is 5.78 Å². The van der Waals surface area contributed by atoms with E-state index in [-0.39, 0.29) is 11.4 Å². The number of aryl methyl sites for hydroxylation is 1. The molecule has 0 spiro atoms. The van der Waals surface area contributed by atoms with E-state index >= 15 is 0 Å². The van der Waals surface area contributed by atoms with Crippen molar-refractivity contribution in [2.45, 2.75) is 32.7 Å². The number of thiazole rings is 1. The van der Waals surface area contributed by atoms with Gasteiger partial charge < -0.3 is 19.5 Å². The largest absolute Gasteiger partial charge is 0.503 e. The number of aliphatic hydroxyl groups excluding tert-OH is 1. The van der Waals surface area contributed by atoms with E-state index < -0.39 is 17.7 Å². The van der Waals surface area contributed by atoms with Crippen LogP contribution in [0.1, 0.15) is 46.7 Å². The Kier molecular flexibility index (Phi) is 8.18. The zero-order valence-electron chi connectivity index (χ0n) is 20.7. The van der Waals surface area contributed by atoms with E-state index in [9.17, 15) is 14.7 Å². The summed E-state index contributed by atoms with van der Waals surface area (Å²) in [5.74, 6) is -0.745. The fourth-order valence-corrected chi connectivity index (χ4v) is 5.27. The highest BCUT2D eigenvalue weighted by Crippen LogP contribution is 2.41. The minimum absolute atomic E-state index is 0.0750. The molecule has 1 aliphatic heterocycles. The molecule has 7 nitrogen and oxygen atoms in total. The molecule has 1 aromatic heterocycles. The minimum Gasteiger partial charge on any atom is -0.503 e. The molecule has 1 aliphatic rings. The average molecular weight is 507 g/mol. The normalized spacial score (nSPS) is 15.6. The lowest BCUT2D eigenvalue weighted by molar-refractivity contribution is -0.129. The van der Waals surface area contributed by atoms with Crippen LogP contribution in [0.4, 0.5) is 0 Å². The van der Waals surface area contributed by atoms with Crippen molar-refractivity contribution in [2.75, 3.05) is 26.9 Å². The molecule has 0 radical (unpaired) electrons. The Labute approximate surface area is 215 Å². The van der Waals surface area contributed by atoms with Gasteiger partial charge in [0.05, 0.1) is 28.8 Å². The Morgan fingerprint density at radius 2 is 1.83 bits per heavy atom. The number of ether oxygens (including phenoxy) is 2. The monoisotopic (exact) mass is 506 g/mol. The predicted molar refractivity (Wildman–Crippen MR) is 139 cm³/mol. The molecular formula is C28H30N2O5S. The number of hydrogen-bond donors (Lipinski definition) is 1. The minimum atomic E-state index is -0.719. The summed E-state index contributed by atoms with van der Waals surface area (Å²) in [5, 5.41) is 11.6. The smallest absolute Gasteiger partial charge is 0.290 e. The van der Waals surface area contributed by atoms with E-state index in [0.29, 0.717) is 47.5 Å². The standard InChI is InChI=1S/C28H30N2O5S/c1-4-16-35-21-13-11-19(12-14-21)23-22(25(32)28(33)30(23)15-8-17-34-3)24(31)26-18(2)29-27(36-26)20-9-6-5-7-10-20/h5-7,9-14,23,32H,4,8,15-17H2,1-3H3. The van der Waals surface area contributed by atoms with Crippen LogP contribution in [0, 0.1) is 6.92 Å². The number of rotatable bonds is 11. The van der Waals surface area contributed by atoms with Crippen molar-refractivity contribution in [1.82, 2.24) is 9.88 Å². The van der Waals surface area contributed by atoms with Crippen molar-refractivity contribution in [3.8, 4) is 16.3 Å². The number of benzene rings is 2. The number of amides is 1. The fourth-order valence-electron chi connectivity index (χ4n) is 4.24. The zero-order valence-corrected chi connectivity index (χ0v) is 21.5. The molecule has 8 heteroatoms. The number of aromatic nitrogens is 1. The lowest BCUT2D eigenvalue weighted by atomic mass is 9.95. The van der Waals surface area contributed by atoms with E-state index in [2.05, 4.69) is 4.98 Å². The summed E-state index contributed by atoms with van der Waals surface area (Å²) >= 11 is 1.27. The van der Waals surface area contributed by atoms with Gasteiger partial charge in [-0.15, -0.1) is 11.3 Å². The van der Waals surface area contributed by atoms with Gasteiger partial charge in [0.25, 0.3) is 5.91 Å². The number of carbonyl (C=O) groups is 2. The molecule has 4 rings (SSSR count). The van der Waals surface area contributed by atoms with Crippen molar-refractivity contribution in [2.24, 2.45) is 0 Å². The van der Waals surface area contributed by atoms with E-state index in [1.807, 2.05) is 61.5 Å². The topological polar surface area (TPSA) is 89.0 Å². The highest BCUT2D eigenvalue weighted by Gasteiger charge is 2.44. The number of ketones is 1. The first-order chi connectivity index (χ1) is 17.5. The predicted octanol–water partition coefficient (Wildman–Crippen LogP) is 5.52. The second-order valence-electron chi connectivity index (χ2n) is 8.56. The summed E-state index contributed by atoms with van der Waals surface area (Å²) in [4.78, 5) is 33.5. The van der Waals surface area contributed by atoms with Crippen molar-refractivity contribution < 1.29 is 24.2 Å². The van der Waals surface area contributed by atoms with E-state index in [4.69, 9.17) is 9.47 Å². The SMILES string of the molecule is CCCOc1ccc(C2C(C(=O)c3sc(-c4ccccc4)nc3C)=C(O)C(=O)N2CCCOC)cc1. The van der Waals surface area contributed by atoms with Gasteiger partial charge in [-0.3, -0.25) is 9.59 Å². The third-order valence-corrected chi connectivity index (χ3v) is 7.19. The highest BCUT2D eigenvalue weighted by atomic mass is 32.1. The average Bonchev–Trinajstić information content (AvgIpc) is 3.41. The van der Waals surface area contributed by atoms with Gasteiger partial charge in [-0.25, -0.2) is 4.98 Å². The maximum Gasteiger partial charge on any atom is 0.290 e. The molecule has 0 saturated carbocycles. The molecular weight excluding hydrogens is 476 g/mol. The van der Waals surface area contributed by atoms with Gasteiger partial charge in [-0.1, -0.05) is 49.4 Å². The fraction of sp³-hybridized carbons (Fsp3) is 0.321. The van der Waals surface area contributed by atoms with Crippen LogP contribution >= 0.6 is 11.3 Å². The summed E-state index contributed by atoms with van der Waals surface area (Å²) in [7, 11) is 1.60. The number of hydrogen-bond acceptors (Lipinski definition) is 7. The van der Waals surface area contributed by atoms with Gasteiger partial charge in [0.15, 0.2) is 5.76 Å². The third kappa shape index (κ3) is 5.20. The van der Waals surface area contributed by atoms with Gasteiger partial charge >= 0.3 is 0 Å². The van der Waals surface area contributed by atoms with E-state index in [0.717, 1.165) is 17.5 Å². The maximum atomic E-state index is 13.9. The first-order valence-electron chi connectivity index (χ1n) is 12.0. The van der Waals surface area contributed by atoms with Gasteiger partial charge in [-0.2, -0.15) is 0 Å². The molecule has 36 heavy (non-hydrogen) atoms. The Balaban J connectivity index is 1.72. The van der Waals surface area contributed by atoms with Crippen molar-refractivity contribution in [1.29, 1.82) is 0 Å². The Bertz CT molecular complexity index is 1250. The number of nitrogens with zero attached hydrogens (tertiary/aromatic N) is 2. The van der Waals surface area contributed by atoms with Crippen LogP contribution in [0.2, 0.25) is 0 Å². The van der Waals surface area contributed by atoms with Crippen molar-refractivity contribution >= 4 is 23.0 Å². The second kappa shape index (κ2) is 11.5. The molecule has 188 valence electrons. The molecule has 1 amide bonds. The molecule has 1 N–H and O–H groups in total. The molecule has 0 bridgehead atoms. The van der Waals surface area contributed by atoms with Crippen LogP contribution < -0.4 is 4.74 Å². The van der Waals surface area contributed by atoms with Crippen LogP contribution in [0.3, 0.4) is 0 Å². The second-order valence-corrected chi connectivity index (χ2v) is 9.55. The maximum absolute atomic E-state index is 13.9. The van der Waals surface area contributed by atoms with Crippen LogP contribution in [-0.4, -0.2) is 53.5 Å².